The van der Waals surface area contributed by atoms with E-state index < -0.39 is 0 Å². The highest BCUT2D eigenvalue weighted by molar-refractivity contribution is 8.00. The van der Waals surface area contributed by atoms with Gasteiger partial charge in [-0.3, -0.25) is 4.79 Å². The Morgan fingerprint density at radius 2 is 2.14 bits per heavy atom. The summed E-state index contributed by atoms with van der Waals surface area (Å²) in [5.41, 5.74) is 0. The Balaban J connectivity index is 2.64. The molecular formula is C8H13N3OS2. The number of aromatic nitrogens is 2. The molecule has 0 bridgehead atoms. The van der Waals surface area contributed by atoms with E-state index in [4.69, 9.17) is 0 Å². The minimum atomic E-state index is -0.117. The molecule has 1 aromatic rings. The number of anilines is 1. The summed E-state index contributed by atoms with van der Waals surface area (Å²) in [6.07, 6.45) is 0. The molecule has 0 aliphatic rings. The van der Waals surface area contributed by atoms with Crippen LogP contribution in [0.4, 0.5) is 5.13 Å². The van der Waals surface area contributed by atoms with Crippen molar-refractivity contribution in [2.75, 3.05) is 5.32 Å². The zero-order chi connectivity index (χ0) is 10.8. The Morgan fingerprint density at radius 3 is 2.64 bits per heavy atom. The third-order valence-electron chi connectivity index (χ3n) is 1.09. The van der Waals surface area contributed by atoms with Crippen molar-refractivity contribution in [3.8, 4) is 0 Å². The number of thioether (sulfide) groups is 1. The quantitative estimate of drug-likeness (QED) is 0.794. The maximum absolute atomic E-state index is 10.7. The van der Waals surface area contributed by atoms with Crippen molar-refractivity contribution in [1.29, 1.82) is 0 Å². The standard InChI is InChI=1S/C8H13N3OS2/c1-5(12)9-6-10-7(11-14-6)13-8(2,3)4/h1-4H3,(H,9,10,11,12). The molecule has 1 N–H and O–H groups in total. The van der Waals surface area contributed by atoms with Crippen LogP contribution in [-0.4, -0.2) is 20.0 Å². The molecule has 6 heteroatoms. The van der Waals surface area contributed by atoms with Crippen LogP contribution in [0.25, 0.3) is 0 Å². The second kappa shape index (κ2) is 4.27. The maximum atomic E-state index is 10.7. The third-order valence-corrected chi connectivity index (χ3v) is 2.81. The number of carbonyl (C=O) groups excluding carboxylic acids is 1. The molecule has 1 heterocycles. The smallest absolute Gasteiger partial charge is 0.223 e. The molecule has 1 rings (SSSR count). The normalized spacial score (nSPS) is 11.4. The van der Waals surface area contributed by atoms with Crippen molar-refractivity contribution in [2.45, 2.75) is 37.6 Å². The van der Waals surface area contributed by atoms with Crippen LogP contribution in [0.3, 0.4) is 0 Å². The SMILES string of the molecule is CC(=O)Nc1nc(SC(C)(C)C)ns1. The van der Waals surface area contributed by atoms with E-state index >= 15 is 0 Å². The van der Waals surface area contributed by atoms with E-state index in [1.807, 2.05) is 0 Å². The molecule has 78 valence electrons. The Morgan fingerprint density at radius 1 is 1.50 bits per heavy atom. The van der Waals surface area contributed by atoms with Gasteiger partial charge in [0.1, 0.15) is 0 Å². The minimum Gasteiger partial charge on any atom is -0.301 e. The lowest BCUT2D eigenvalue weighted by atomic mass is 10.3. The van der Waals surface area contributed by atoms with Gasteiger partial charge in [0.25, 0.3) is 0 Å². The van der Waals surface area contributed by atoms with Crippen LogP contribution in [0.1, 0.15) is 27.7 Å². The lowest BCUT2D eigenvalue weighted by Gasteiger charge is -2.13. The summed E-state index contributed by atoms with van der Waals surface area (Å²) in [4.78, 5) is 14.9. The third kappa shape index (κ3) is 4.06. The van der Waals surface area contributed by atoms with E-state index in [1.165, 1.54) is 18.5 Å². The fraction of sp³-hybridized carbons (Fsp3) is 0.625. The van der Waals surface area contributed by atoms with Gasteiger partial charge in [-0.15, -0.1) is 0 Å². The summed E-state index contributed by atoms with van der Waals surface area (Å²) >= 11 is 2.79. The van der Waals surface area contributed by atoms with Gasteiger partial charge in [0.2, 0.25) is 16.2 Å². The van der Waals surface area contributed by atoms with Gasteiger partial charge in [0.15, 0.2) is 0 Å². The molecule has 0 spiro atoms. The van der Waals surface area contributed by atoms with Gasteiger partial charge in [-0.25, -0.2) is 0 Å². The predicted molar refractivity (Wildman–Crippen MR) is 59.8 cm³/mol. The van der Waals surface area contributed by atoms with Crippen LogP contribution in [-0.2, 0) is 4.79 Å². The number of carbonyl (C=O) groups is 1. The number of rotatable bonds is 2. The van der Waals surface area contributed by atoms with E-state index in [2.05, 4.69) is 35.4 Å². The second-order valence-corrected chi connectivity index (χ2v) is 6.32. The summed E-state index contributed by atoms with van der Waals surface area (Å²) in [7, 11) is 0. The van der Waals surface area contributed by atoms with Gasteiger partial charge in [-0.1, -0.05) is 32.5 Å². The van der Waals surface area contributed by atoms with E-state index in [1.54, 1.807) is 11.8 Å². The molecule has 0 fully saturated rings. The molecule has 0 radical (unpaired) electrons. The average molecular weight is 231 g/mol. The van der Waals surface area contributed by atoms with Crippen LogP contribution in [0.5, 0.6) is 0 Å². The maximum Gasteiger partial charge on any atom is 0.223 e. The van der Waals surface area contributed by atoms with Crippen molar-refractivity contribution in [1.82, 2.24) is 9.36 Å². The van der Waals surface area contributed by atoms with Gasteiger partial charge in [-0.2, -0.15) is 9.36 Å². The van der Waals surface area contributed by atoms with E-state index in [9.17, 15) is 4.79 Å². The molecule has 0 atom stereocenters. The van der Waals surface area contributed by atoms with Crippen molar-refractivity contribution in [3.63, 3.8) is 0 Å². The monoisotopic (exact) mass is 231 g/mol. The van der Waals surface area contributed by atoms with Gasteiger partial charge in [-0.05, 0) is 0 Å². The number of hydrogen-bond acceptors (Lipinski definition) is 5. The summed E-state index contributed by atoms with van der Waals surface area (Å²) in [6.45, 7) is 7.74. The van der Waals surface area contributed by atoms with Crippen molar-refractivity contribution in [3.05, 3.63) is 0 Å². The molecule has 1 amide bonds. The van der Waals surface area contributed by atoms with E-state index in [0.717, 1.165) is 0 Å². The first-order chi connectivity index (χ1) is 6.37. The predicted octanol–water partition coefficient (Wildman–Crippen LogP) is 2.39. The molecule has 0 unspecified atom stereocenters. The second-order valence-electron chi connectivity index (χ2n) is 3.78. The fourth-order valence-electron chi connectivity index (χ4n) is 0.727. The highest BCUT2D eigenvalue weighted by atomic mass is 32.2. The minimum absolute atomic E-state index is 0.0918. The lowest BCUT2D eigenvalue weighted by molar-refractivity contribution is -0.114. The highest BCUT2D eigenvalue weighted by Gasteiger charge is 2.16. The van der Waals surface area contributed by atoms with E-state index in [0.29, 0.717) is 10.3 Å². The lowest BCUT2D eigenvalue weighted by Crippen LogP contribution is -2.08. The fourth-order valence-corrected chi connectivity index (χ4v) is 2.25. The first-order valence-electron chi connectivity index (χ1n) is 4.17. The Kier molecular flexibility index (Phi) is 3.49. The Hall–Kier alpha value is -0.620. The molecular weight excluding hydrogens is 218 g/mol. The largest absolute Gasteiger partial charge is 0.301 e. The summed E-state index contributed by atoms with van der Waals surface area (Å²) in [5, 5.41) is 3.88. The Bertz CT molecular complexity index is 330. The Labute approximate surface area is 91.7 Å². The first-order valence-corrected chi connectivity index (χ1v) is 5.76. The topological polar surface area (TPSA) is 54.9 Å². The molecule has 0 saturated heterocycles. The molecule has 0 aliphatic carbocycles. The highest BCUT2D eigenvalue weighted by Crippen LogP contribution is 2.31. The van der Waals surface area contributed by atoms with Crippen molar-refractivity contribution >= 4 is 34.3 Å². The number of nitrogens with zero attached hydrogens (tertiary/aromatic N) is 2. The van der Waals surface area contributed by atoms with Gasteiger partial charge in [0, 0.05) is 23.2 Å². The first kappa shape index (κ1) is 11.5. The van der Waals surface area contributed by atoms with Gasteiger partial charge in [0.05, 0.1) is 0 Å². The molecule has 0 aliphatic heterocycles. The molecule has 4 nitrogen and oxygen atoms in total. The van der Waals surface area contributed by atoms with Gasteiger partial charge < -0.3 is 5.32 Å². The number of hydrogen-bond donors (Lipinski definition) is 1. The molecule has 0 saturated carbocycles. The summed E-state index contributed by atoms with van der Waals surface area (Å²) in [6, 6.07) is 0. The van der Waals surface area contributed by atoms with Crippen LogP contribution in [0, 0.1) is 0 Å². The molecule has 14 heavy (non-hydrogen) atoms. The van der Waals surface area contributed by atoms with Crippen LogP contribution >= 0.6 is 23.3 Å². The van der Waals surface area contributed by atoms with E-state index in [-0.39, 0.29) is 10.7 Å². The number of amides is 1. The van der Waals surface area contributed by atoms with Crippen LogP contribution in [0.2, 0.25) is 0 Å². The molecule has 0 aromatic carbocycles. The average Bonchev–Trinajstić information content (AvgIpc) is 2.30. The zero-order valence-electron chi connectivity index (χ0n) is 8.62. The van der Waals surface area contributed by atoms with Crippen LogP contribution < -0.4 is 5.32 Å². The summed E-state index contributed by atoms with van der Waals surface area (Å²) in [5.74, 6) is -0.117. The molecule has 1 aromatic heterocycles. The van der Waals surface area contributed by atoms with Crippen LogP contribution in [0.15, 0.2) is 5.16 Å². The summed E-state index contributed by atoms with van der Waals surface area (Å²) < 4.78 is 4.23. The number of nitrogens with one attached hydrogen (secondary N) is 1. The van der Waals surface area contributed by atoms with Gasteiger partial charge >= 0.3 is 0 Å². The van der Waals surface area contributed by atoms with Crippen molar-refractivity contribution < 1.29 is 4.79 Å². The van der Waals surface area contributed by atoms with Crippen molar-refractivity contribution in [2.24, 2.45) is 0 Å². The zero-order valence-corrected chi connectivity index (χ0v) is 10.3.